The molecule has 0 saturated carbocycles. The van der Waals surface area contributed by atoms with Crippen LogP contribution in [0, 0.1) is 5.92 Å². The average molecular weight is 582 g/mol. The van der Waals surface area contributed by atoms with Crippen molar-refractivity contribution in [3.63, 3.8) is 0 Å². The first kappa shape index (κ1) is 37.1. The molecule has 1 heterocycles. The number of piperidine rings is 1. The molecule has 1 aliphatic heterocycles. The van der Waals surface area contributed by atoms with Crippen LogP contribution in [-0.4, -0.2) is 75.5 Å². The van der Waals surface area contributed by atoms with Gasteiger partial charge in [-0.3, -0.25) is 4.79 Å². The smallest absolute Gasteiger partial charge is 0.459 e. The minimum atomic E-state index is -0.703. The van der Waals surface area contributed by atoms with Crippen molar-refractivity contribution in [2.45, 2.75) is 124 Å². The van der Waals surface area contributed by atoms with Gasteiger partial charge in [-0.15, -0.1) is 0 Å². The predicted molar refractivity (Wildman–Crippen MR) is 164 cm³/mol. The molecule has 8 heteroatoms. The molecule has 0 radical (unpaired) electrons. The largest absolute Gasteiger partial charge is 0.508 e. The zero-order chi connectivity index (χ0) is 30.0. The summed E-state index contributed by atoms with van der Waals surface area (Å²) < 4.78 is 28.1. The van der Waals surface area contributed by atoms with Crippen molar-refractivity contribution in [1.82, 2.24) is 4.90 Å². The van der Waals surface area contributed by atoms with E-state index in [1.165, 1.54) is 0 Å². The van der Waals surface area contributed by atoms with Gasteiger partial charge >= 0.3 is 12.1 Å². The summed E-state index contributed by atoms with van der Waals surface area (Å²) in [5.41, 5.74) is 0. The first-order chi connectivity index (χ1) is 20.0. The Labute approximate surface area is 250 Å². The number of carbonyl (C=O) groups excluding carboxylic acids is 2. The van der Waals surface area contributed by atoms with Crippen molar-refractivity contribution >= 4 is 12.1 Å². The summed E-state index contributed by atoms with van der Waals surface area (Å²) in [5, 5.41) is 0. The second-order valence-electron chi connectivity index (χ2n) is 10.8. The van der Waals surface area contributed by atoms with E-state index in [1.54, 1.807) is 0 Å². The lowest BCUT2D eigenvalue weighted by molar-refractivity contribution is -0.164. The van der Waals surface area contributed by atoms with Crippen LogP contribution in [0.2, 0.25) is 0 Å². The number of nitrogens with zero attached hydrogens (tertiary/aromatic N) is 1. The number of hydrogen-bond acceptors (Lipinski definition) is 8. The number of allylic oxidation sites excluding steroid dienone is 4. The van der Waals surface area contributed by atoms with E-state index in [9.17, 15) is 9.59 Å². The summed E-state index contributed by atoms with van der Waals surface area (Å²) in [5.74, 6) is -0.00786. The van der Waals surface area contributed by atoms with Gasteiger partial charge in [0.15, 0.2) is 6.29 Å². The summed E-state index contributed by atoms with van der Waals surface area (Å²) in [6.07, 6.45) is 18.7. The molecule has 0 aromatic carbocycles. The molecule has 41 heavy (non-hydrogen) atoms. The van der Waals surface area contributed by atoms with Gasteiger partial charge in [-0.2, -0.15) is 0 Å². The maximum Gasteiger partial charge on any atom is 0.508 e. The van der Waals surface area contributed by atoms with Gasteiger partial charge in [0.25, 0.3) is 0 Å². The van der Waals surface area contributed by atoms with Gasteiger partial charge in [0.2, 0.25) is 0 Å². The summed E-state index contributed by atoms with van der Waals surface area (Å²) >= 11 is 0. The van der Waals surface area contributed by atoms with Gasteiger partial charge in [-0.25, -0.2) is 4.79 Å². The quantitative estimate of drug-likeness (QED) is 0.0499. The van der Waals surface area contributed by atoms with E-state index in [1.807, 2.05) is 6.92 Å². The van der Waals surface area contributed by atoms with Crippen molar-refractivity contribution < 1.29 is 33.3 Å². The van der Waals surface area contributed by atoms with Gasteiger partial charge in [-0.05, 0) is 83.7 Å². The van der Waals surface area contributed by atoms with Gasteiger partial charge in [0.1, 0.15) is 12.7 Å². The fraction of sp³-hybridized carbons (Fsp3) is 0.818. The molecule has 0 aliphatic carbocycles. The molecule has 0 N–H and O–H groups in total. The summed E-state index contributed by atoms with van der Waals surface area (Å²) in [7, 11) is 0. The number of esters is 1. The fourth-order valence-electron chi connectivity index (χ4n) is 4.62. The molecule has 1 rings (SSSR count). The molecule has 0 amide bonds. The molecule has 8 nitrogen and oxygen atoms in total. The lowest BCUT2D eigenvalue weighted by Gasteiger charge is -2.31. The fourth-order valence-corrected chi connectivity index (χ4v) is 4.62. The maximum atomic E-state index is 12.6. The molecular formula is C33H59NO7. The zero-order valence-electron chi connectivity index (χ0n) is 26.5. The van der Waals surface area contributed by atoms with E-state index in [0.29, 0.717) is 38.6 Å². The van der Waals surface area contributed by atoms with Crippen LogP contribution >= 0.6 is 0 Å². The molecule has 1 saturated heterocycles. The lowest BCUT2D eigenvalue weighted by atomic mass is 9.99. The molecule has 238 valence electrons. The Bertz CT molecular complexity index is 688. The first-order valence-corrected chi connectivity index (χ1v) is 16.3. The van der Waals surface area contributed by atoms with Crippen LogP contribution in [0.1, 0.15) is 111 Å². The molecular weight excluding hydrogens is 522 g/mol. The highest BCUT2D eigenvalue weighted by atomic mass is 16.7. The van der Waals surface area contributed by atoms with Crippen LogP contribution in [0.25, 0.3) is 0 Å². The van der Waals surface area contributed by atoms with Gasteiger partial charge in [0, 0.05) is 32.1 Å². The van der Waals surface area contributed by atoms with Crippen LogP contribution < -0.4 is 0 Å². The average Bonchev–Trinajstić information content (AvgIpc) is 2.99. The molecule has 0 spiro atoms. The summed E-state index contributed by atoms with van der Waals surface area (Å²) in [4.78, 5) is 27.1. The Morgan fingerprint density at radius 3 is 2.12 bits per heavy atom. The zero-order valence-corrected chi connectivity index (χ0v) is 26.5. The van der Waals surface area contributed by atoms with Gasteiger partial charge in [0.05, 0.1) is 13.0 Å². The van der Waals surface area contributed by atoms with E-state index in [0.717, 1.165) is 83.8 Å². The Morgan fingerprint density at radius 2 is 1.54 bits per heavy atom. The lowest BCUT2D eigenvalue weighted by Crippen LogP contribution is -2.37. The Kier molecular flexibility index (Phi) is 23.3. The third-order valence-corrected chi connectivity index (χ3v) is 7.15. The number of hydrogen-bond donors (Lipinski definition) is 0. The van der Waals surface area contributed by atoms with E-state index < -0.39 is 18.5 Å². The third kappa shape index (κ3) is 20.6. The van der Waals surface area contributed by atoms with Crippen molar-refractivity contribution in [2.75, 3.05) is 46.1 Å². The molecule has 1 aliphatic rings. The summed E-state index contributed by atoms with van der Waals surface area (Å²) in [6, 6.07) is 0. The first-order valence-electron chi connectivity index (χ1n) is 16.3. The standard InChI is InChI=1S/C33H59NO7/c1-5-9-11-13-15-17-24-37-32(38-25-18-16-14-12-10-6-2)22-21-31(35)41-30(7-3)28-40-33(36)39-27-29-20-19-23-34(8-4)26-29/h9-12,29-30,32H,5-8,13-28H2,1-4H3/b11-9-,12-10-. The molecule has 2 atom stereocenters. The van der Waals surface area contributed by atoms with Crippen molar-refractivity contribution in [3.05, 3.63) is 24.3 Å². The summed E-state index contributed by atoms with van der Waals surface area (Å²) in [6.45, 7) is 12.9. The van der Waals surface area contributed by atoms with Gasteiger partial charge < -0.3 is 28.6 Å². The van der Waals surface area contributed by atoms with Crippen LogP contribution in [0.5, 0.6) is 0 Å². The number of likely N-dealkylation sites (tertiary alicyclic amines) is 1. The second kappa shape index (κ2) is 25.8. The normalized spacial score (nSPS) is 17.0. The number of unbranched alkanes of at least 4 members (excludes halogenated alkanes) is 4. The topological polar surface area (TPSA) is 83.5 Å². The predicted octanol–water partition coefficient (Wildman–Crippen LogP) is 7.61. The number of rotatable bonds is 24. The Balaban J connectivity index is 2.36. The molecule has 2 unspecified atom stereocenters. The molecule has 0 aromatic rings. The van der Waals surface area contributed by atoms with Crippen LogP contribution in [0.4, 0.5) is 4.79 Å². The minimum Gasteiger partial charge on any atom is -0.459 e. The highest BCUT2D eigenvalue weighted by molar-refractivity contribution is 5.69. The van der Waals surface area contributed by atoms with Crippen molar-refractivity contribution in [1.29, 1.82) is 0 Å². The monoisotopic (exact) mass is 581 g/mol. The molecule has 0 aromatic heterocycles. The number of carbonyl (C=O) groups is 2. The molecule has 0 bridgehead atoms. The second-order valence-corrected chi connectivity index (χ2v) is 10.8. The van der Waals surface area contributed by atoms with Crippen LogP contribution in [-0.2, 0) is 28.5 Å². The SMILES string of the molecule is CC/C=C\CCCCOC(CCC(=O)OC(CC)COC(=O)OCC1CCCN(CC)C1)OCCCC/C=C\CC. The minimum absolute atomic E-state index is 0.0117. The van der Waals surface area contributed by atoms with E-state index >= 15 is 0 Å². The van der Waals surface area contributed by atoms with Crippen molar-refractivity contribution in [2.24, 2.45) is 5.92 Å². The Morgan fingerprint density at radius 1 is 0.878 bits per heavy atom. The van der Waals surface area contributed by atoms with E-state index in [2.05, 4.69) is 50.0 Å². The van der Waals surface area contributed by atoms with Crippen LogP contribution in [0.3, 0.4) is 0 Å². The molecule has 1 fully saturated rings. The highest BCUT2D eigenvalue weighted by Gasteiger charge is 2.22. The third-order valence-electron chi connectivity index (χ3n) is 7.15. The van der Waals surface area contributed by atoms with Gasteiger partial charge in [-0.1, -0.05) is 52.0 Å². The maximum absolute atomic E-state index is 12.6. The van der Waals surface area contributed by atoms with E-state index in [-0.39, 0.29) is 19.0 Å². The van der Waals surface area contributed by atoms with Crippen molar-refractivity contribution in [3.8, 4) is 0 Å². The highest BCUT2D eigenvalue weighted by Crippen LogP contribution is 2.17. The number of ether oxygens (including phenoxy) is 5. The Hall–Kier alpha value is -1.90. The van der Waals surface area contributed by atoms with Crippen LogP contribution in [0.15, 0.2) is 24.3 Å². The van der Waals surface area contributed by atoms with E-state index in [4.69, 9.17) is 23.7 Å².